The molecule has 0 amide bonds. The molecule has 2 fully saturated rings. The zero-order valence-corrected chi connectivity index (χ0v) is 16.2. The first-order chi connectivity index (χ1) is 12.7. The van der Waals surface area contributed by atoms with Gasteiger partial charge in [-0.3, -0.25) is 9.88 Å². The smallest absolute Gasteiger partial charge is 0.217 e. The molecule has 2 aliphatic heterocycles. The molecule has 0 saturated carbocycles. The van der Waals surface area contributed by atoms with Gasteiger partial charge in [0.25, 0.3) is 0 Å². The van der Waals surface area contributed by atoms with Gasteiger partial charge in [-0.25, -0.2) is 4.98 Å². The molecular formula is C20H25N3O2S. The van der Waals surface area contributed by atoms with Crippen molar-refractivity contribution in [3.63, 3.8) is 0 Å². The number of aryl methyl sites for hydroxylation is 1. The minimum Gasteiger partial charge on any atom is -0.481 e. The molecule has 0 radical (unpaired) electrons. The van der Waals surface area contributed by atoms with E-state index in [1.807, 2.05) is 31.2 Å². The molecule has 26 heavy (non-hydrogen) atoms. The first kappa shape index (κ1) is 17.8. The standard InChI is InChI=1S/C20H25N3O2S/c1-15-5-3-7-17(22-15)11-25-18-9-20(26-12-18)13-23(14-20)10-16-6-4-8-21-19(16)24-2/h3-8,18H,9-14H2,1-2H3/t18-/m1/s1. The quantitative estimate of drug-likeness (QED) is 0.778. The van der Waals surface area contributed by atoms with Gasteiger partial charge in [0.2, 0.25) is 5.88 Å². The predicted octanol–water partition coefficient (Wildman–Crippen LogP) is 3.07. The van der Waals surface area contributed by atoms with E-state index in [4.69, 9.17) is 9.47 Å². The Morgan fingerprint density at radius 2 is 2.15 bits per heavy atom. The second kappa shape index (κ2) is 7.55. The van der Waals surface area contributed by atoms with Crippen molar-refractivity contribution in [3.05, 3.63) is 53.5 Å². The lowest BCUT2D eigenvalue weighted by atomic mass is 9.92. The maximum absolute atomic E-state index is 6.13. The summed E-state index contributed by atoms with van der Waals surface area (Å²) in [7, 11) is 1.68. The summed E-state index contributed by atoms with van der Waals surface area (Å²) in [5.74, 6) is 1.81. The number of pyridine rings is 2. The number of nitrogens with zero attached hydrogens (tertiary/aromatic N) is 3. The molecule has 2 saturated heterocycles. The van der Waals surface area contributed by atoms with Crippen molar-refractivity contribution in [1.82, 2.24) is 14.9 Å². The molecular weight excluding hydrogens is 346 g/mol. The van der Waals surface area contributed by atoms with Crippen LogP contribution in [-0.2, 0) is 17.9 Å². The number of hydrogen-bond donors (Lipinski definition) is 0. The van der Waals surface area contributed by atoms with E-state index in [9.17, 15) is 0 Å². The highest BCUT2D eigenvalue weighted by Gasteiger charge is 2.49. The molecule has 0 N–H and O–H groups in total. The van der Waals surface area contributed by atoms with Crippen LogP contribution in [0.15, 0.2) is 36.5 Å². The van der Waals surface area contributed by atoms with Gasteiger partial charge in [-0.05, 0) is 31.5 Å². The predicted molar refractivity (Wildman–Crippen MR) is 103 cm³/mol. The molecule has 6 heteroatoms. The highest BCUT2D eigenvalue weighted by molar-refractivity contribution is 8.01. The summed E-state index contributed by atoms with van der Waals surface area (Å²) >= 11 is 2.07. The maximum atomic E-state index is 6.13. The van der Waals surface area contributed by atoms with E-state index in [0.717, 1.165) is 54.6 Å². The summed E-state index contributed by atoms with van der Waals surface area (Å²) in [4.78, 5) is 11.3. The van der Waals surface area contributed by atoms with Crippen LogP contribution in [0.1, 0.15) is 23.4 Å². The van der Waals surface area contributed by atoms with Gasteiger partial charge in [-0.15, -0.1) is 11.8 Å². The van der Waals surface area contributed by atoms with Crippen LogP contribution in [0.3, 0.4) is 0 Å². The van der Waals surface area contributed by atoms with Crippen LogP contribution in [0.2, 0.25) is 0 Å². The van der Waals surface area contributed by atoms with Crippen molar-refractivity contribution in [2.24, 2.45) is 0 Å². The molecule has 4 heterocycles. The molecule has 1 spiro atoms. The molecule has 5 nitrogen and oxygen atoms in total. The topological polar surface area (TPSA) is 47.5 Å². The number of hydrogen-bond acceptors (Lipinski definition) is 6. The first-order valence-electron chi connectivity index (χ1n) is 9.04. The first-order valence-corrected chi connectivity index (χ1v) is 10.0. The van der Waals surface area contributed by atoms with Crippen LogP contribution in [0.25, 0.3) is 0 Å². The second-order valence-corrected chi connectivity index (χ2v) is 8.71. The van der Waals surface area contributed by atoms with Gasteiger partial charge in [0.05, 0.1) is 25.5 Å². The number of thioether (sulfide) groups is 1. The number of ether oxygens (including phenoxy) is 2. The third-order valence-corrected chi connectivity index (χ3v) is 6.62. The fourth-order valence-electron chi connectivity index (χ4n) is 3.86. The summed E-state index contributed by atoms with van der Waals surface area (Å²) in [5.41, 5.74) is 3.23. The van der Waals surface area contributed by atoms with Crippen molar-refractivity contribution in [2.75, 3.05) is 26.0 Å². The van der Waals surface area contributed by atoms with Gasteiger partial charge in [0, 0.05) is 47.6 Å². The van der Waals surface area contributed by atoms with Crippen LogP contribution < -0.4 is 4.74 Å². The van der Waals surface area contributed by atoms with Crippen LogP contribution in [-0.4, -0.2) is 51.7 Å². The van der Waals surface area contributed by atoms with Crippen LogP contribution in [0.5, 0.6) is 5.88 Å². The lowest BCUT2D eigenvalue weighted by molar-refractivity contribution is 0.0249. The largest absolute Gasteiger partial charge is 0.481 e. The summed E-state index contributed by atoms with van der Waals surface area (Å²) < 4.78 is 11.9. The van der Waals surface area contributed by atoms with E-state index in [1.54, 1.807) is 13.3 Å². The zero-order valence-electron chi connectivity index (χ0n) is 15.4. The fourth-order valence-corrected chi connectivity index (χ4v) is 5.47. The van der Waals surface area contributed by atoms with E-state index < -0.39 is 0 Å². The van der Waals surface area contributed by atoms with E-state index in [2.05, 4.69) is 32.7 Å². The molecule has 4 rings (SSSR count). The lowest BCUT2D eigenvalue weighted by Crippen LogP contribution is -2.58. The third kappa shape index (κ3) is 3.87. The van der Waals surface area contributed by atoms with Crippen LogP contribution >= 0.6 is 11.8 Å². The molecule has 2 aromatic rings. The lowest BCUT2D eigenvalue weighted by Gasteiger charge is -2.47. The highest BCUT2D eigenvalue weighted by Crippen LogP contribution is 2.46. The molecule has 0 aromatic carbocycles. The van der Waals surface area contributed by atoms with Crippen molar-refractivity contribution in [3.8, 4) is 5.88 Å². The Labute approximate surface area is 159 Å². The Morgan fingerprint density at radius 1 is 1.27 bits per heavy atom. The molecule has 2 aromatic heterocycles. The van der Waals surface area contributed by atoms with Crippen molar-refractivity contribution in [2.45, 2.75) is 37.3 Å². The van der Waals surface area contributed by atoms with Gasteiger partial charge in [-0.1, -0.05) is 12.1 Å². The normalized spacial score (nSPS) is 21.7. The number of methoxy groups -OCH3 is 1. The SMILES string of the molecule is COc1ncccc1CN1CC2(C[C@@H](OCc3cccc(C)n3)CS2)C1. The third-order valence-electron chi connectivity index (χ3n) is 5.05. The van der Waals surface area contributed by atoms with Gasteiger partial charge >= 0.3 is 0 Å². The monoisotopic (exact) mass is 371 g/mol. The van der Waals surface area contributed by atoms with E-state index in [1.165, 1.54) is 0 Å². The van der Waals surface area contributed by atoms with E-state index >= 15 is 0 Å². The molecule has 0 bridgehead atoms. The molecule has 1 atom stereocenters. The summed E-state index contributed by atoms with van der Waals surface area (Å²) in [6.45, 7) is 5.75. The Hall–Kier alpha value is -1.63. The van der Waals surface area contributed by atoms with Crippen molar-refractivity contribution >= 4 is 11.8 Å². The molecule has 0 aliphatic carbocycles. The Balaban J connectivity index is 1.26. The van der Waals surface area contributed by atoms with Gasteiger partial charge in [0.15, 0.2) is 0 Å². The van der Waals surface area contributed by atoms with Crippen molar-refractivity contribution in [1.29, 1.82) is 0 Å². The number of rotatable bonds is 6. The fraction of sp³-hybridized carbons (Fsp3) is 0.500. The minimum atomic E-state index is 0.331. The average Bonchev–Trinajstić information content (AvgIpc) is 3.05. The Morgan fingerprint density at radius 3 is 2.96 bits per heavy atom. The van der Waals surface area contributed by atoms with Crippen LogP contribution in [0, 0.1) is 6.92 Å². The van der Waals surface area contributed by atoms with Gasteiger partial charge < -0.3 is 9.47 Å². The van der Waals surface area contributed by atoms with Crippen LogP contribution in [0.4, 0.5) is 0 Å². The van der Waals surface area contributed by atoms with E-state index in [-0.39, 0.29) is 0 Å². The minimum absolute atomic E-state index is 0.331. The second-order valence-electron chi connectivity index (χ2n) is 7.22. The maximum Gasteiger partial charge on any atom is 0.217 e. The Kier molecular flexibility index (Phi) is 5.16. The zero-order chi connectivity index (χ0) is 18.0. The number of likely N-dealkylation sites (tertiary alicyclic amines) is 1. The van der Waals surface area contributed by atoms with Gasteiger partial charge in [-0.2, -0.15) is 0 Å². The van der Waals surface area contributed by atoms with E-state index in [0.29, 0.717) is 17.5 Å². The highest BCUT2D eigenvalue weighted by atomic mass is 32.2. The summed E-state index contributed by atoms with van der Waals surface area (Å²) in [5, 5.41) is 0. The summed E-state index contributed by atoms with van der Waals surface area (Å²) in [6.07, 6.45) is 3.24. The molecule has 138 valence electrons. The van der Waals surface area contributed by atoms with Crippen molar-refractivity contribution < 1.29 is 9.47 Å². The molecule has 2 aliphatic rings. The van der Waals surface area contributed by atoms with Gasteiger partial charge in [0.1, 0.15) is 0 Å². The Bertz CT molecular complexity index is 764. The molecule has 0 unspecified atom stereocenters. The average molecular weight is 372 g/mol. The number of aromatic nitrogens is 2. The summed E-state index contributed by atoms with van der Waals surface area (Å²) in [6, 6.07) is 10.2.